The van der Waals surface area contributed by atoms with Crippen LogP contribution < -0.4 is 10.6 Å². The van der Waals surface area contributed by atoms with Gasteiger partial charge in [-0.15, -0.1) is 0 Å². The van der Waals surface area contributed by atoms with E-state index < -0.39 is 0 Å². The first kappa shape index (κ1) is 16.0. The number of likely N-dealkylation sites (tertiary alicyclic amines) is 1. The molecule has 0 bridgehead atoms. The Balaban J connectivity index is 1.63. The number of carbonyl (C=O) groups excluding carboxylic acids is 2. The fraction of sp³-hybridized carbons (Fsp3) is 0.556. The van der Waals surface area contributed by atoms with E-state index >= 15 is 0 Å². The highest BCUT2D eigenvalue weighted by Gasteiger charge is 2.45. The minimum absolute atomic E-state index is 0.0425. The van der Waals surface area contributed by atoms with Gasteiger partial charge in [-0.3, -0.25) is 14.5 Å². The standard InChI is InChI=1S/C18H25N3O2/c1-19-18(23)16(14-9-10-14)21-11-5-8-15(21)17(22)20-12-13-6-3-2-4-7-13/h2-4,6-7,14-16H,5,8-12H2,1H3,(H,19,23)(H,20,22). The SMILES string of the molecule is CNC(=O)C(C1CC1)N1CCCC1C(=O)NCc1ccccc1. The van der Waals surface area contributed by atoms with Crippen LogP contribution in [0.5, 0.6) is 0 Å². The van der Waals surface area contributed by atoms with Crippen LogP contribution in [0.4, 0.5) is 0 Å². The minimum atomic E-state index is -0.179. The molecule has 1 aliphatic heterocycles. The van der Waals surface area contributed by atoms with Crippen LogP contribution in [0.2, 0.25) is 0 Å². The third-order valence-electron chi connectivity index (χ3n) is 4.85. The molecule has 1 aromatic rings. The molecule has 1 heterocycles. The number of likely N-dealkylation sites (N-methyl/N-ethyl adjacent to an activating group) is 1. The molecule has 1 saturated carbocycles. The first-order chi connectivity index (χ1) is 11.2. The van der Waals surface area contributed by atoms with Crippen LogP contribution in [0.1, 0.15) is 31.2 Å². The van der Waals surface area contributed by atoms with Crippen molar-refractivity contribution in [2.75, 3.05) is 13.6 Å². The Hall–Kier alpha value is -1.88. The predicted octanol–water partition coefficient (Wildman–Crippen LogP) is 1.29. The predicted molar refractivity (Wildman–Crippen MR) is 88.6 cm³/mol. The highest BCUT2D eigenvalue weighted by molar-refractivity contribution is 5.86. The zero-order valence-corrected chi connectivity index (χ0v) is 13.6. The highest BCUT2D eigenvalue weighted by atomic mass is 16.2. The van der Waals surface area contributed by atoms with E-state index in [9.17, 15) is 9.59 Å². The maximum Gasteiger partial charge on any atom is 0.237 e. The summed E-state index contributed by atoms with van der Waals surface area (Å²) in [6, 6.07) is 9.59. The van der Waals surface area contributed by atoms with Gasteiger partial charge in [-0.1, -0.05) is 30.3 Å². The molecule has 5 heteroatoms. The van der Waals surface area contributed by atoms with Crippen LogP contribution in [0, 0.1) is 5.92 Å². The van der Waals surface area contributed by atoms with Gasteiger partial charge in [-0.25, -0.2) is 0 Å². The van der Waals surface area contributed by atoms with Crippen LogP contribution in [-0.2, 0) is 16.1 Å². The van der Waals surface area contributed by atoms with Crippen LogP contribution >= 0.6 is 0 Å². The van der Waals surface area contributed by atoms with Crippen molar-refractivity contribution < 1.29 is 9.59 Å². The Morgan fingerprint density at radius 2 is 1.96 bits per heavy atom. The Morgan fingerprint density at radius 1 is 1.22 bits per heavy atom. The van der Waals surface area contributed by atoms with E-state index in [1.807, 2.05) is 30.3 Å². The molecule has 2 aliphatic rings. The second-order valence-electron chi connectivity index (χ2n) is 6.50. The van der Waals surface area contributed by atoms with Crippen molar-refractivity contribution in [3.8, 4) is 0 Å². The third kappa shape index (κ3) is 3.72. The minimum Gasteiger partial charge on any atom is -0.358 e. The van der Waals surface area contributed by atoms with Crippen molar-refractivity contribution in [2.45, 2.75) is 44.3 Å². The van der Waals surface area contributed by atoms with Crippen LogP contribution in [0.25, 0.3) is 0 Å². The Labute approximate surface area is 137 Å². The molecule has 1 aromatic carbocycles. The van der Waals surface area contributed by atoms with Gasteiger partial charge < -0.3 is 10.6 Å². The summed E-state index contributed by atoms with van der Waals surface area (Å²) in [4.78, 5) is 27.0. The summed E-state index contributed by atoms with van der Waals surface area (Å²) in [5.74, 6) is 0.508. The number of hydrogen-bond acceptors (Lipinski definition) is 3. The van der Waals surface area contributed by atoms with Crippen molar-refractivity contribution in [3.63, 3.8) is 0 Å². The number of nitrogens with zero attached hydrogens (tertiary/aromatic N) is 1. The van der Waals surface area contributed by atoms with Crippen molar-refractivity contribution in [3.05, 3.63) is 35.9 Å². The van der Waals surface area contributed by atoms with Gasteiger partial charge in [0.2, 0.25) is 11.8 Å². The van der Waals surface area contributed by atoms with Gasteiger partial charge >= 0.3 is 0 Å². The van der Waals surface area contributed by atoms with Crippen LogP contribution in [-0.4, -0.2) is 42.4 Å². The number of benzene rings is 1. The lowest BCUT2D eigenvalue weighted by Crippen LogP contribution is -2.53. The Morgan fingerprint density at radius 3 is 2.61 bits per heavy atom. The average molecular weight is 315 g/mol. The molecule has 5 nitrogen and oxygen atoms in total. The van der Waals surface area contributed by atoms with Crippen molar-refractivity contribution in [1.82, 2.24) is 15.5 Å². The smallest absolute Gasteiger partial charge is 0.237 e. The zero-order valence-electron chi connectivity index (χ0n) is 13.6. The van der Waals surface area contributed by atoms with Gasteiger partial charge in [0, 0.05) is 13.6 Å². The Bertz CT molecular complexity index is 557. The molecule has 0 radical (unpaired) electrons. The molecule has 3 rings (SSSR count). The first-order valence-corrected chi connectivity index (χ1v) is 8.49. The summed E-state index contributed by atoms with van der Waals surface area (Å²) in [6.45, 7) is 1.37. The quantitative estimate of drug-likeness (QED) is 0.831. The molecule has 0 spiro atoms. The summed E-state index contributed by atoms with van der Waals surface area (Å²) in [6.07, 6.45) is 3.99. The zero-order chi connectivity index (χ0) is 16.2. The molecule has 2 N–H and O–H groups in total. The molecule has 2 amide bonds. The van der Waals surface area contributed by atoms with Crippen molar-refractivity contribution in [2.24, 2.45) is 5.92 Å². The summed E-state index contributed by atoms with van der Waals surface area (Å²) in [5, 5.41) is 5.80. The molecule has 124 valence electrons. The van der Waals surface area contributed by atoms with E-state index in [0.29, 0.717) is 12.5 Å². The lowest BCUT2D eigenvalue weighted by atomic mass is 10.1. The molecular weight excluding hydrogens is 290 g/mol. The van der Waals surface area contributed by atoms with E-state index in [1.165, 1.54) is 0 Å². The number of amides is 2. The van der Waals surface area contributed by atoms with Gasteiger partial charge in [0.25, 0.3) is 0 Å². The largest absolute Gasteiger partial charge is 0.358 e. The first-order valence-electron chi connectivity index (χ1n) is 8.49. The summed E-state index contributed by atoms with van der Waals surface area (Å²) in [7, 11) is 1.68. The van der Waals surface area contributed by atoms with Gasteiger partial charge in [0.05, 0.1) is 12.1 Å². The lowest BCUT2D eigenvalue weighted by Gasteiger charge is -2.31. The van der Waals surface area contributed by atoms with Crippen molar-refractivity contribution in [1.29, 1.82) is 0 Å². The summed E-state index contributed by atoms with van der Waals surface area (Å²) in [5.41, 5.74) is 1.09. The van der Waals surface area contributed by atoms with Crippen molar-refractivity contribution >= 4 is 11.8 Å². The van der Waals surface area contributed by atoms with E-state index in [0.717, 1.165) is 37.8 Å². The molecule has 23 heavy (non-hydrogen) atoms. The number of nitrogens with one attached hydrogen (secondary N) is 2. The topological polar surface area (TPSA) is 61.4 Å². The van der Waals surface area contributed by atoms with E-state index in [4.69, 9.17) is 0 Å². The second kappa shape index (κ2) is 7.13. The van der Waals surface area contributed by atoms with Gasteiger partial charge in [0.1, 0.15) is 0 Å². The molecule has 2 fully saturated rings. The normalized spacial score (nSPS) is 22.6. The van der Waals surface area contributed by atoms with Crippen LogP contribution in [0.15, 0.2) is 30.3 Å². The number of rotatable bonds is 6. The van der Waals surface area contributed by atoms with E-state index in [1.54, 1.807) is 7.05 Å². The molecule has 1 aliphatic carbocycles. The second-order valence-corrected chi connectivity index (χ2v) is 6.50. The number of hydrogen-bond donors (Lipinski definition) is 2. The maximum atomic E-state index is 12.6. The van der Waals surface area contributed by atoms with Gasteiger partial charge in [-0.05, 0) is 43.7 Å². The molecule has 1 saturated heterocycles. The van der Waals surface area contributed by atoms with E-state index in [2.05, 4.69) is 15.5 Å². The average Bonchev–Trinajstić information content (AvgIpc) is 3.30. The monoisotopic (exact) mass is 315 g/mol. The van der Waals surface area contributed by atoms with Gasteiger partial charge in [-0.2, -0.15) is 0 Å². The molecule has 2 atom stereocenters. The third-order valence-corrected chi connectivity index (χ3v) is 4.85. The number of carbonyl (C=O) groups is 2. The fourth-order valence-electron chi connectivity index (χ4n) is 3.50. The highest BCUT2D eigenvalue weighted by Crippen LogP contribution is 2.38. The molecular formula is C18H25N3O2. The van der Waals surface area contributed by atoms with Crippen LogP contribution in [0.3, 0.4) is 0 Å². The lowest BCUT2D eigenvalue weighted by molar-refractivity contribution is -0.131. The molecule has 0 aromatic heterocycles. The summed E-state index contributed by atoms with van der Waals surface area (Å²) >= 11 is 0. The maximum absolute atomic E-state index is 12.6. The summed E-state index contributed by atoms with van der Waals surface area (Å²) < 4.78 is 0. The van der Waals surface area contributed by atoms with Gasteiger partial charge in [0.15, 0.2) is 0 Å². The van der Waals surface area contributed by atoms with E-state index in [-0.39, 0.29) is 23.9 Å². The molecule has 2 unspecified atom stereocenters. The fourth-order valence-corrected chi connectivity index (χ4v) is 3.50. The Kier molecular flexibility index (Phi) is 4.96.